The molecule has 0 saturated carbocycles. The van der Waals surface area contributed by atoms with Crippen LogP contribution in [0.4, 0.5) is 5.95 Å². The second-order valence-corrected chi connectivity index (χ2v) is 4.42. The molecule has 7 nitrogen and oxygen atoms in total. The van der Waals surface area contributed by atoms with Gasteiger partial charge in [0, 0.05) is 24.0 Å². The maximum atomic E-state index is 5.96. The van der Waals surface area contributed by atoms with Crippen LogP contribution in [0.3, 0.4) is 0 Å². The zero-order valence-corrected chi connectivity index (χ0v) is 10.8. The summed E-state index contributed by atoms with van der Waals surface area (Å²) in [6.07, 6.45) is 4.96. The molecule has 0 aliphatic heterocycles. The molecule has 21 heavy (non-hydrogen) atoms. The second kappa shape index (κ2) is 4.41. The highest BCUT2D eigenvalue weighted by Gasteiger charge is 2.12. The maximum absolute atomic E-state index is 5.96. The number of aromatic nitrogens is 5. The van der Waals surface area contributed by atoms with Gasteiger partial charge in [0.25, 0.3) is 0 Å². The van der Waals surface area contributed by atoms with Gasteiger partial charge in [0.2, 0.25) is 5.95 Å². The van der Waals surface area contributed by atoms with Crippen LogP contribution in [0.15, 0.2) is 53.4 Å². The molecule has 4 rings (SSSR count). The van der Waals surface area contributed by atoms with Crippen molar-refractivity contribution in [3.8, 4) is 22.8 Å². The molecule has 102 valence electrons. The summed E-state index contributed by atoms with van der Waals surface area (Å²) < 4.78 is 6.82. The summed E-state index contributed by atoms with van der Waals surface area (Å²) in [6, 6.07) is 9.09. The summed E-state index contributed by atoms with van der Waals surface area (Å²) >= 11 is 0. The lowest BCUT2D eigenvalue weighted by molar-refractivity contribution is 0.579. The average Bonchev–Trinajstić information content (AvgIpc) is 3.17. The van der Waals surface area contributed by atoms with Crippen LogP contribution in [-0.4, -0.2) is 24.6 Å². The molecule has 0 aromatic carbocycles. The van der Waals surface area contributed by atoms with E-state index in [2.05, 4.69) is 20.1 Å². The molecule has 0 aliphatic carbocycles. The predicted octanol–water partition coefficient (Wildman–Crippen LogP) is 2.03. The molecular formula is C14H10N6O. The lowest BCUT2D eigenvalue weighted by Gasteiger charge is -2.02. The predicted molar refractivity (Wildman–Crippen MR) is 76.1 cm³/mol. The van der Waals surface area contributed by atoms with Gasteiger partial charge in [-0.3, -0.25) is 4.98 Å². The first-order chi connectivity index (χ1) is 10.3. The first-order valence-electron chi connectivity index (χ1n) is 6.29. The molecule has 0 atom stereocenters. The van der Waals surface area contributed by atoms with Gasteiger partial charge in [-0.1, -0.05) is 0 Å². The Bertz CT molecular complexity index is 898. The number of furan rings is 1. The smallest absolute Gasteiger partial charge is 0.225 e. The van der Waals surface area contributed by atoms with Crippen molar-refractivity contribution in [1.82, 2.24) is 24.6 Å². The third kappa shape index (κ3) is 1.91. The highest BCUT2D eigenvalue weighted by atomic mass is 16.3. The minimum Gasteiger partial charge on any atom is -0.463 e. The Labute approximate surface area is 119 Å². The van der Waals surface area contributed by atoms with Crippen molar-refractivity contribution in [1.29, 1.82) is 0 Å². The second-order valence-electron chi connectivity index (χ2n) is 4.42. The van der Waals surface area contributed by atoms with Gasteiger partial charge >= 0.3 is 0 Å². The molecule has 0 amide bonds. The first kappa shape index (κ1) is 11.6. The summed E-state index contributed by atoms with van der Waals surface area (Å²) in [5.41, 5.74) is 8.08. The van der Waals surface area contributed by atoms with Gasteiger partial charge in [0.15, 0.2) is 17.2 Å². The van der Waals surface area contributed by atoms with E-state index in [0.717, 1.165) is 5.56 Å². The molecule has 4 heterocycles. The van der Waals surface area contributed by atoms with Gasteiger partial charge < -0.3 is 10.2 Å². The Hall–Kier alpha value is -3.22. The van der Waals surface area contributed by atoms with Crippen LogP contribution >= 0.6 is 0 Å². The van der Waals surface area contributed by atoms with Crippen molar-refractivity contribution in [3.05, 3.63) is 49.0 Å². The van der Waals surface area contributed by atoms with E-state index in [4.69, 9.17) is 10.2 Å². The molecule has 0 radical (unpaired) electrons. The number of nitrogens with two attached hydrogens (primary N) is 1. The molecule has 0 saturated heterocycles. The number of hydrogen-bond donors (Lipinski definition) is 1. The monoisotopic (exact) mass is 278 g/mol. The highest BCUT2D eigenvalue weighted by Crippen LogP contribution is 2.22. The van der Waals surface area contributed by atoms with Crippen molar-refractivity contribution in [2.75, 3.05) is 5.73 Å². The number of anilines is 1. The van der Waals surface area contributed by atoms with Crippen LogP contribution in [0.1, 0.15) is 0 Å². The fourth-order valence-corrected chi connectivity index (χ4v) is 2.08. The van der Waals surface area contributed by atoms with Crippen molar-refractivity contribution >= 4 is 11.6 Å². The molecule has 0 bridgehead atoms. The van der Waals surface area contributed by atoms with Crippen molar-refractivity contribution < 1.29 is 4.42 Å². The standard InChI is InChI=1S/C14H10N6O/c15-14-18-13(9-3-5-16-6-4-9)17-12-8-10(19-20(12)14)11-2-1-7-21-11/h1-8H,(H2,15,17,18). The van der Waals surface area contributed by atoms with Gasteiger partial charge in [-0.05, 0) is 24.3 Å². The Morgan fingerprint density at radius 3 is 2.71 bits per heavy atom. The molecule has 2 N–H and O–H groups in total. The number of nitrogens with zero attached hydrogens (tertiary/aromatic N) is 5. The van der Waals surface area contributed by atoms with Crippen LogP contribution in [0.5, 0.6) is 0 Å². The molecule has 4 aromatic rings. The molecule has 7 heteroatoms. The third-order valence-electron chi connectivity index (χ3n) is 3.06. The number of rotatable bonds is 2. The van der Waals surface area contributed by atoms with E-state index in [-0.39, 0.29) is 5.95 Å². The van der Waals surface area contributed by atoms with Gasteiger partial charge in [-0.2, -0.15) is 14.6 Å². The van der Waals surface area contributed by atoms with E-state index in [1.165, 1.54) is 4.52 Å². The lowest BCUT2D eigenvalue weighted by Crippen LogP contribution is -2.05. The number of fused-ring (bicyclic) bond motifs is 1. The Balaban J connectivity index is 1.90. The zero-order chi connectivity index (χ0) is 14.2. The fourth-order valence-electron chi connectivity index (χ4n) is 2.08. The van der Waals surface area contributed by atoms with Crippen LogP contribution in [0, 0.1) is 0 Å². The van der Waals surface area contributed by atoms with E-state index >= 15 is 0 Å². The van der Waals surface area contributed by atoms with Crippen molar-refractivity contribution in [2.24, 2.45) is 0 Å². The summed E-state index contributed by atoms with van der Waals surface area (Å²) in [5.74, 6) is 1.46. The summed E-state index contributed by atoms with van der Waals surface area (Å²) in [6.45, 7) is 0. The van der Waals surface area contributed by atoms with Crippen LogP contribution < -0.4 is 5.73 Å². The third-order valence-corrected chi connectivity index (χ3v) is 3.06. The van der Waals surface area contributed by atoms with Gasteiger partial charge in [-0.25, -0.2) is 4.98 Å². The summed E-state index contributed by atoms with van der Waals surface area (Å²) in [4.78, 5) is 12.7. The number of pyridine rings is 1. The number of nitrogen functional groups attached to an aromatic ring is 1. The van der Waals surface area contributed by atoms with E-state index < -0.39 is 0 Å². The number of hydrogen-bond acceptors (Lipinski definition) is 6. The highest BCUT2D eigenvalue weighted by molar-refractivity contribution is 5.64. The fraction of sp³-hybridized carbons (Fsp3) is 0. The summed E-state index contributed by atoms with van der Waals surface area (Å²) in [5, 5.41) is 4.35. The average molecular weight is 278 g/mol. The van der Waals surface area contributed by atoms with Gasteiger partial charge in [0.05, 0.1) is 6.26 Å². The van der Waals surface area contributed by atoms with Crippen LogP contribution in [0.25, 0.3) is 28.5 Å². The summed E-state index contributed by atoms with van der Waals surface area (Å²) in [7, 11) is 0. The minimum absolute atomic E-state index is 0.268. The molecule has 0 spiro atoms. The molecular weight excluding hydrogens is 268 g/mol. The van der Waals surface area contributed by atoms with Crippen molar-refractivity contribution in [3.63, 3.8) is 0 Å². The van der Waals surface area contributed by atoms with E-state index in [9.17, 15) is 0 Å². The van der Waals surface area contributed by atoms with Crippen LogP contribution in [0.2, 0.25) is 0 Å². The molecule has 0 fully saturated rings. The van der Waals surface area contributed by atoms with Gasteiger partial charge in [0.1, 0.15) is 5.69 Å². The van der Waals surface area contributed by atoms with E-state index in [1.54, 1.807) is 24.7 Å². The quantitative estimate of drug-likeness (QED) is 0.602. The Morgan fingerprint density at radius 1 is 1.10 bits per heavy atom. The van der Waals surface area contributed by atoms with E-state index in [1.807, 2.05) is 24.3 Å². The lowest BCUT2D eigenvalue weighted by atomic mass is 10.2. The molecule has 0 unspecified atom stereocenters. The SMILES string of the molecule is Nc1nc(-c2ccncc2)nc2cc(-c3ccco3)nn12. The minimum atomic E-state index is 0.268. The Morgan fingerprint density at radius 2 is 1.95 bits per heavy atom. The van der Waals surface area contributed by atoms with Crippen LogP contribution in [-0.2, 0) is 0 Å². The van der Waals surface area contributed by atoms with E-state index in [0.29, 0.717) is 22.9 Å². The molecule has 0 aliphatic rings. The van der Waals surface area contributed by atoms with Gasteiger partial charge in [-0.15, -0.1) is 0 Å². The largest absolute Gasteiger partial charge is 0.463 e. The topological polar surface area (TPSA) is 95.1 Å². The Kier molecular flexibility index (Phi) is 2.43. The molecule has 4 aromatic heterocycles. The van der Waals surface area contributed by atoms with Crippen molar-refractivity contribution in [2.45, 2.75) is 0 Å². The first-order valence-corrected chi connectivity index (χ1v) is 6.29. The normalized spacial score (nSPS) is 11.0. The zero-order valence-electron chi connectivity index (χ0n) is 10.8. The maximum Gasteiger partial charge on any atom is 0.225 e.